The van der Waals surface area contributed by atoms with Gasteiger partial charge < -0.3 is 10.1 Å². The van der Waals surface area contributed by atoms with Gasteiger partial charge in [0.2, 0.25) is 5.91 Å². The van der Waals surface area contributed by atoms with Crippen molar-refractivity contribution >= 4 is 17.5 Å². The van der Waals surface area contributed by atoms with Crippen LogP contribution >= 0.6 is 11.6 Å². The summed E-state index contributed by atoms with van der Waals surface area (Å²) in [7, 11) is 1.70. The van der Waals surface area contributed by atoms with Crippen LogP contribution in [-0.2, 0) is 11.2 Å². The lowest BCUT2D eigenvalue weighted by Crippen LogP contribution is -2.41. The molecular weight excluding hydrogens is 360 g/mol. The molecule has 4 nitrogen and oxygen atoms in total. The summed E-state index contributed by atoms with van der Waals surface area (Å²) in [6.07, 6.45) is 3.95. The summed E-state index contributed by atoms with van der Waals surface area (Å²) in [6, 6.07) is 15.7. The van der Waals surface area contributed by atoms with Gasteiger partial charge in [0.15, 0.2) is 0 Å². The Balaban J connectivity index is 1.71. The van der Waals surface area contributed by atoms with E-state index >= 15 is 0 Å². The maximum atomic E-state index is 12.5. The number of carbonyl (C=O) groups excluding carboxylic acids is 1. The lowest BCUT2D eigenvalue weighted by atomic mass is 10.0. The van der Waals surface area contributed by atoms with Crippen LogP contribution in [0.1, 0.15) is 36.4 Å². The quantitative estimate of drug-likeness (QED) is 0.774. The van der Waals surface area contributed by atoms with Crippen molar-refractivity contribution < 1.29 is 9.53 Å². The van der Waals surface area contributed by atoms with Gasteiger partial charge in [-0.2, -0.15) is 0 Å². The highest BCUT2D eigenvalue weighted by molar-refractivity contribution is 6.31. The molecule has 27 heavy (non-hydrogen) atoms. The normalized spacial score (nSPS) is 15.9. The Hall–Kier alpha value is -2.04. The van der Waals surface area contributed by atoms with Gasteiger partial charge in [-0.1, -0.05) is 54.4 Å². The van der Waals surface area contributed by atoms with E-state index in [-0.39, 0.29) is 18.4 Å². The molecule has 2 aromatic carbocycles. The topological polar surface area (TPSA) is 41.6 Å². The van der Waals surface area contributed by atoms with Crippen molar-refractivity contribution in [1.82, 2.24) is 10.2 Å². The lowest BCUT2D eigenvalue weighted by Gasteiger charge is -2.35. The highest BCUT2D eigenvalue weighted by Gasteiger charge is 2.25. The smallest absolute Gasteiger partial charge is 0.224 e. The third-order valence-corrected chi connectivity index (χ3v) is 5.50. The Morgan fingerprint density at radius 1 is 1.11 bits per heavy atom. The first kappa shape index (κ1) is 19.7. The fourth-order valence-electron chi connectivity index (χ4n) is 3.70. The zero-order valence-electron chi connectivity index (χ0n) is 15.8. The number of benzene rings is 2. The molecule has 1 amide bonds. The second-order valence-electron chi connectivity index (χ2n) is 6.93. The molecule has 1 atom stereocenters. The summed E-state index contributed by atoms with van der Waals surface area (Å²) in [4.78, 5) is 15.0. The molecule has 1 aliphatic rings. The number of rotatable bonds is 7. The van der Waals surface area contributed by atoms with E-state index in [2.05, 4.69) is 16.3 Å². The van der Waals surface area contributed by atoms with E-state index < -0.39 is 0 Å². The lowest BCUT2D eigenvalue weighted by molar-refractivity contribution is -0.120. The van der Waals surface area contributed by atoms with Crippen LogP contribution < -0.4 is 10.1 Å². The molecule has 1 fully saturated rings. The average molecular weight is 387 g/mol. The molecule has 1 N–H and O–H groups in total. The van der Waals surface area contributed by atoms with Crippen molar-refractivity contribution in [3.8, 4) is 5.75 Å². The standard InChI is InChI=1S/C22H27ClN2O2/c1-27-21-12-6-4-10-18(21)20(25-13-7-2-8-14-25)16-24-22(26)15-17-9-3-5-11-19(17)23/h3-6,9-12,20H,2,7-8,13-16H2,1H3,(H,24,26). The first-order chi connectivity index (χ1) is 13.2. The summed E-state index contributed by atoms with van der Waals surface area (Å²) in [5.41, 5.74) is 1.98. The molecule has 0 radical (unpaired) electrons. The fourth-order valence-corrected chi connectivity index (χ4v) is 3.90. The van der Waals surface area contributed by atoms with Gasteiger partial charge in [-0.3, -0.25) is 9.69 Å². The van der Waals surface area contributed by atoms with E-state index in [0.29, 0.717) is 11.6 Å². The average Bonchev–Trinajstić information content (AvgIpc) is 2.71. The van der Waals surface area contributed by atoms with Crippen molar-refractivity contribution in [3.05, 3.63) is 64.7 Å². The Bertz CT molecular complexity index is 759. The fraction of sp³-hybridized carbons (Fsp3) is 0.409. The third kappa shape index (κ3) is 5.24. The molecule has 3 rings (SSSR count). The summed E-state index contributed by atoms with van der Waals surface area (Å²) in [5.74, 6) is 0.855. The van der Waals surface area contributed by atoms with E-state index in [0.717, 1.165) is 30.0 Å². The van der Waals surface area contributed by atoms with Crippen LogP contribution in [0, 0.1) is 0 Å². The van der Waals surface area contributed by atoms with Crippen LogP contribution in [-0.4, -0.2) is 37.6 Å². The van der Waals surface area contributed by atoms with Crippen molar-refractivity contribution in [2.24, 2.45) is 0 Å². The van der Waals surface area contributed by atoms with Gasteiger partial charge in [-0.15, -0.1) is 0 Å². The first-order valence-corrected chi connectivity index (χ1v) is 9.94. The van der Waals surface area contributed by atoms with Crippen LogP contribution in [0.2, 0.25) is 5.02 Å². The molecular formula is C22H27ClN2O2. The molecule has 1 unspecified atom stereocenters. The molecule has 1 saturated heterocycles. The summed E-state index contributed by atoms with van der Waals surface area (Å²) < 4.78 is 5.58. The number of para-hydroxylation sites is 1. The number of halogens is 1. The van der Waals surface area contributed by atoms with E-state index in [4.69, 9.17) is 16.3 Å². The van der Waals surface area contributed by atoms with Crippen LogP contribution in [0.5, 0.6) is 5.75 Å². The van der Waals surface area contributed by atoms with E-state index in [1.54, 1.807) is 7.11 Å². The predicted octanol–water partition coefficient (Wildman–Crippen LogP) is 4.23. The number of piperidine rings is 1. The van der Waals surface area contributed by atoms with Crippen molar-refractivity contribution in [3.63, 3.8) is 0 Å². The predicted molar refractivity (Wildman–Crippen MR) is 109 cm³/mol. The monoisotopic (exact) mass is 386 g/mol. The Labute approximate surface area is 166 Å². The molecule has 0 saturated carbocycles. The first-order valence-electron chi connectivity index (χ1n) is 9.56. The molecule has 0 aromatic heterocycles. The highest BCUT2D eigenvalue weighted by Crippen LogP contribution is 2.31. The molecule has 1 aliphatic heterocycles. The molecule has 1 heterocycles. The van der Waals surface area contributed by atoms with Crippen LogP contribution in [0.3, 0.4) is 0 Å². The maximum Gasteiger partial charge on any atom is 0.224 e. The molecule has 0 aliphatic carbocycles. The minimum absolute atomic E-state index is 0.0139. The van der Waals surface area contributed by atoms with Crippen molar-refractivity contribution in [1.29, 1.82) is 0 Å². The molecule has 0 spiro atoms. The minimum Gasteiger partial charge on any atom is -0.496 e. The second kappa shape index (κ2) is 9.77. The number of nitrogens with zero attached hydrogens (tertiary/aromatic N) is 1. The van der Waals surface area contributed by atoms with E-state index in [9.17, 15) is 4.79 Å². The van der Waals surface area contributed by atoms with Crippen LogP contribution in [0.4, 0.5) is 0 Å². The highest BCUT2D eigenvalue weighted by atomic mass is 35.5. The zero-order valence-corrected chi connectivity index (χ0v) is 16.5. The van der Waals surface area contributed by atoms with E-state index in [1.807, 2.05) is 42.5 Å². The van der Waals surface area contributed by atoms with Crippen molar-refractivity contribution in [2.75, 3.05) is 26.7 Å². The third-order valence-electron chi connectivity index (χ3n) is 5.13. The number of methoxy groups -OCH3 is 1. The van der Waals surface area contributed by atoms with Crippen LogP contribution in [0.15, 0.2) is 48.5 Å². The number of hydrogen-bond acceptors (Lipinski definition) is 3. The van der Waals surface area contributed by atoms with Gasteiger partial charge in [0.1, 0.15) is 5.75 Å². The molecule has 144 valence electrons. The SMILES string of the molecule is COc1ccccc1C(CNC(=O)Cc1ccccc1Cl)N1CCCCC1. The number of likely N-dealkylation sites (tertiary alicyclic amines) is 1. The van der Waals surface area contributed by atoms with Gasteiger partial charge in [0, 0.05) is 17.1 Å². The zero-order chi connectivity index (χ0) is 19.1. The number of amides is 1. The largest absolute Gasteiger partial charge is 0.496 e. The summed E-state index contributed by atoms with van der Waals surface area (Å²) in [5, 5.41) is 3.74. The molecule has 5 heteroatoms. The number of nitrogens with one attached hydrogen (secondary N) is 1. The van der Waals surface area contributed by atoms with Gasteiger partial charge in [-0.25, -0.2) is 0 Å². The Kier molecular flexibility index (Phi) is 7.13. The number of carbonyl (C=O) groups is 1. The van der Waals surface area contributed by atoms with E-state index in [1.165, 1.54) is 19.3 Å². The number of hydrogen-bond donors (Lipinski definition) is 1. The van der Waals surface area contributed by atoms with Gasteiger partial charge in [-0.05, 0) is 43.6 Å². The summed E-state index contributed by atoms with van der Waals surface area (Å²) >= 11 is 6.18. The number of ether oxygens (including phenoxy) is 1. The van der Waals surface area contributed by atoms with Crippen LogP contribution in [0.25, 0.3) is 0 Å². The van der Waals surface area contributed by atoms with Gasteiger partial charge in [0.05, 0.1) is 19.6 Å². The maximum absolute atomic E-state index is 12.5. The second-order valence-corrected chi connectivity index (χ2v) is 7.33. The van der Waals surface area contributed by atoms with Crippen molar-refractivity contribution in [2.45, 2.75) is 31.7 Å². The minimum atomic E-state index is -0.0139. The van der Waals surface area contributed by atoms with Gasteiger partial charge >= 0.3 is 0 Å². The van der Waals surface area contributed by atoms with Gasteiger partial charge in [0.25, 0.3) is 0 Å². The summed E-state index contributed by atoms with van der Waals surface area (Å²) in [6.45, 7) is 2.65. The Morgan fingerprint density at radius 2 is 1.81 bits per heavy atom. The molecule has 0 bridgehead atoms. The molecule has 2 aromatic rings. The Morgan fingerprint density at radius 3 is 2.56 bits per heavy atom.